The second-order valence-corrected chi connectivity index (χ2v) is 6.55. The van der Waals surface area contributed by atoms with Gasteiger partial charge in [-0.2, -0.15) is 0 Å². The van der Waals surface area contributed by atoms with Gasteiger partial charge in [0.25, 0.3) is 0 Å². The van der Waals surface area contributed by atoms with Crippen molar-refractivity contribution in [2.75, 3.05) is 19.0 Å². The van der Waals surface area contributed by atoms with E-state index in [0.717, 1.165) is 14.8 Å². The summed E-state index contributed by atoms with van der Waals surface area (Å²) in [5, 5.41) is 3.16. The van der Waals surface area contributed by atoms with Crippen molar-refractivity contribution in [3.63, 3.8) is 0 Å². The quantitative estimate of drug-likeness (QED) is 0.877. The molecule has 2 rings (SSSR count). The first kappa shape index (κ1) is 15.3. The lowest BCUT2D eigenvalue weighted by Crippen LogP contribution is -2.22. The number of rotatable bonds is 5. The molecule has 0 saturated carbocycles. The molecule has 0 spiro atoms. The molecule has 0 aliphatic heterocycles. The van der Waals surface area contributed by atoms with Crippen LogP contribution < -0.4 is 10.2 Å². The number of nitrogens with one attached hydrogen (secondary N) is 1. The Bertz CT molecular complexity index is 585. The van der Waals surface area contributed by atoms with Gasteiger partial charge in [-0.25, -0.2) is 4.39 Å². The molecule has 0 aliphatic rings. The minimum atomic E-state index is -0.199. The molecule has 0 radical (unpaired) electrons. The molecule has 0 saturated heterocycles. The number of halogens is 2. The summed E-state index contributed by atoms with van der Waals surface area (Å²) >= 11 is 7.46. The van der Waals surface area contributed by atoms with Crippen LogP contribution in [0.1, 0.15) is 23.4 Å². The van der Waals surface area contributed by atoms with Crippen molar-refractivity contribution in [1.82, 2.24) is 5.32 Å². The minimum absolute atomic E-state index is 0.0927. The summed E-state index contributed by atoms with van der Waals surface area (Å²) in [6.07, 6.45) is 0. The summed E-state index contributed by atoms with van der Waals surface area (Å²) in [5.41, 5.74) is 1.59. The van der Waals surface area contributed by atoms with Gasteiger partial charge >= 0.3 is 0 Å². The van der Waals surface area contributed by atoms with Crippen LogP contribution in [0.25, 0.3) is 0 Å². The zero-order valence-electron chi connectivity index (χ0n) is 11.8. The molecule has 0 aliphatic carbocycles. The van der Waals surface area contributed by atoms with Crippen molar-refractivity contribution >= 4 is 28.6 Å². The van der Waals surface area contributed by atoms with Gasteiger partial charge in [0.05, 0.1) is 16.6 Å². The lowest BCUT2D eigenvalue weighted by molar-refractivity contribution is 0.602. The predicted octanol–water partition coefficient (Wildman–Crippen LogP) is 4.46. The highest BCUT2D eigenvalue weighted by Gasteiger charge is 2.17. The summed E-state index contributed by atoms with van der Waals surface area (Å²) in [6.45, 7) is 2.66. The third kappa shape index (κ3) is 3.32. The van der Waals surface area contributed by atoms with Gasteiger partial charge in [0.2, 0.25) is 0 Å². The fraction of sp³-hybridized carbons (Fsp3) is 0.333. The fourth-order valence-electron chi connectivity index (χ4n) is 2.19. The van der Waals surface area contributed by atoms with E-state index in [1.165, 1.54) is 17.4 Å². The molecule has 20 heavy (non-hydrogen) atoms. The largest absolute Gasteiger partial charge is 0.367 e. The van der Waals surface area contributed by atoms with Crippen molar-refractivity contribution in [1.29, 1.82) is 0 Å². The molecule has 2 nitrogen and oxygen atoms in total. The first-order valence-corrected chi connectivity index (χ1v) is 7.63. The summed E-state index contributed by atoms with van der Waals surface area (Å²) in [7, 11) is 3.77. The van der Waals surface area contributed by atoms with Crippen molar-refractivity contribution in [3.8, 4) is 0 Å². The third-order valence-corrected chi connectivity index (χ3v) is 4.54. The number of thiophene rings is 1. The Hall–Kier alpha value is -1.10. The van der Waals surface area contributed by atoms with Crippen LogP contribution in [-0.4, -0.2) is 14.1 Å². The number of nitrogens with zero attached hydrogens (tertiary/aromatic N) is 1. The molecular weight excluding hydrogens is 295 g/mol. The molecular formula is C15H18ClFN2S. The van der Waals surface area contributed by atoms with Crippen molar-refractivity contribution in [2.24, 2.45) is 0 Å². The Labute approximate surface area is 128 Å². The summed E-state index contributed by atoms with van der Waals surface area (Å²) in [4.78, 5) is 3.05. The van der Waals surface area contributed by atoms with Crippen LogP contribution in [0, 0.1) is 5.82 Å². The topological polar surface area (TPSA) is 15.3 Å². The SMILES string of the molecule is CNC(C)c1cccc(F)c1N(C)Cc1ccc(Cl)s1. The molecule has 0 amide bonds. The van der Waals surface area contributed by atoms with Crippen molar-refractivity contribution in [2.45, 2.75) is 19.5 Å². The molecule has 108 valence electrons. The number of anilines is 1. The number of benzene rings is 1. The molecule has 1 N–H and O–H groups in total. The molecule has 0 bridgehead atoms. The Kier molecular flexibility index (Phi) is 5.02. The first-order chi connectivity index (χ1) is 9.52. The molecule has 1 aromatic carbocycles. The molecule has 1 unspecified atom stereocenters. The van der Waals surface area contributed by atoms with Gasteiger partial charge in [0.1, 0.15) is 5.82 Å². The van der Waals surface area contributed by atoms with Crippen LogP contribution in [0.4, 0.5) is 10.1 Å². The van der Waals surface area contributed by atoms with Crippen LogP contribution in [0.3, 0.4) is 0 Å². The van der Waals surface area contributed by atoms with Gasteiger partial charge in [-0.15, -0.1) is 11.3 Å². The Morgan fingerprint density at radius 1 is 1.35 bits per heavy atom. The number of para-hydroxylation sites is 1. The van der Waals surface area contributed by atoms with Gasteiger partial charge in [0, 0.05) is 18.0 Å². The van der Waals surface area contributed by atoms with E-state index in [4.69, 9.17) is 11.6 Å². The Morgan fingerprint density at radius 2 is 2.10 bits per heavy atom. The summed E-state index contributed by atoms with van der Waals surface area (Å²) in [5.74, 6) is -0.199. The van der Waals surface area contributed by atoms with E-state index in [0.29, 0.717) is 12.2 Å². The van der Waals surface area contributed by atoms with Crippen LogP contribution in [0.15, 0.2) is 30.3 Å². The fourth-order valence-corrected chi connectivity index (χ4v) is 3.33. The standard InChI is InChI=1S/C15H18ClFN2S/c1-10(18-2)12-5-4-6-13(17)15(12)19(3)9-11-7-8-14(16)20-11/h4-8,10,18H,9H2,1-3H3. The molecule has 1 aromatic heterocycles. The lowest BCUT2D eigenvalue weighted by atomic mass is 10.0. The first-order valence-electron chi connectivity index (χ1n) is 6.44. The van der Waals surface area contributed by atoms with E-state index >= 15 is 0 Å². The molecule has 1 atom stereocenters. The highest BCUT2D eigenvalue weighted by molar-refractivity contribution is 7.16. The van der Waals surface area contributed by atoms with E-state index in [-0.39, 0.29) is 11.9 Å². The number of hydrogen-bond acceptors (Lipinski definition) is 3. The molecule has 1 heterocycles. The molecule has 2 aromatic rings. The molecule has 0 fully saturated rings. The highest BCUT2D eigenvalue weighted by Crippen LogP contribution is 2.31. The average Bonchev–Trinajstić information content (AvgIpc) is 2.82. The Morgan fingerprint density at radius 3 is 2.70 bits per heavy atom. The van der Waals surface area contributed by atoms with Gasteiger partial charge < -0.3 is 10.2 Å². The van der Waals surface area contributed by atoms with E-state index in [1.807, 2.05) is 44.1 Å². The maximum atomic E-state index is 14.2. The summed E-state index contributed by atoms with van der Waals surface area (Å²) < 4.78 is 15.0. The Balaban J connectivity index is 2.30. The van der Waals surface area contributed by atoms with E-state index in [2.05, 4.69) is 5.32 Å². The third-order valence-electron chi connectivity index (χ3n) is 3.32. The van der Waals surface area contributed by atoms with Crippen LogP contribution in [0.5, 0.6) is 0 Å². The van der Waals surface area contributed by atoms with Crippen molar-refractivity contribution < 1.29 is 4.39 Å². The van der Waals surface area contributed by atoms with E-state index in [1.54, 1.807) is 6.07 Å². The predicted molar refractivity (Wildman–Crippen MR) is 85.3 cm³/mol. The van der Waals surface area contributed by atoms with Gasteiger partial charge in [-0.05, 0) is 37.7 Å². The summed E-state index contributed by atoms with van der Waals surface area (Å²) in [6, 6.07) is 9.14. The van der Waals surface area contributed by atoms with Gasteiger partial charge in [-0.1, -0.05) is 23.7 Å². The smallest absolute Gasteiger partial charge is 0.146 e. The maximum Gasteiger partial charge on any atom is 0.146 e. The van der Waals surface area contributed by atoms with E-state index in [9.17, 15) is 4.39 Å². The van der Waals surface area contributed by atoms with Crippen molar-refractivity contribution in [3.05, 3.63) is 50.9 Å². The zero-order valence-corrected chi connectivity index (χ0v) is 13.4. The number of hydrogen-bond donors (Lipinski definition) is 1. The second kappa shape index (κ2) is 6.57. The minimum Gasteiger partial charge on any atom is -0.367 e. The maximum absolute atomic E-state index is 14.2. The second-order valence-electron chi connectivity index (χ2n) is 4.75. The lowest BCUT2D eigenvalue weighted by Gasteiger charge is -2.25. The van der Waals surface area contributed by atoms with Crippen LogP contribution in [-0.2, 0) is 6.54 Å². The van der Waals surface area contributed by atoms with E-state index < -0.39 is 0 Å². The van der Waals surface area contributed by atoms with Gasteiger partial charge in [-0.3, -0.25) is 0 Å². The zero-order chi connectivity index (χ0) is 14.7. The van der Waals surface area contributed by atoms with Gasteiger partial charge in [0.15, 0.2) is 0 Å². The monoisotopic (exact) mass is 312 g/mol. The molecule has 5 heteroatoms. The average molecular weight is 313 g/mol. The highest BCUT2D eigenvalue weighted by atomic mass is 35.5. The van der Waals surface area contributed by atoms with Crippen LogP contribution >= 0.6 is 22.9 Å². The normalized spacial score (nSPS) is 12.4. The van der Waals surface area contributed by atoms with Crippen LogP contribution in [0.2, 0.25) is 4.34 Å².